The molecule has 0 bridgehead atoms. The van der Waals surface area contributed by atoms with Crippen LogP contribution in [0.4, 0.5) is 4.79 Å². The molecule has 0 fully saturated rings. The molecule has 0 saturated carbocycles. The summed E-state index contributed by atoms with van der Waals surface area (Å²) in [7, 11) is 0. The van der Waals surface area contributed by atoms with Crippen LogP contribution >= 0.6 is 0 Å². The summed E-state index contributed by atoms with van der Waals surface area (Å²) in [5.41, 5.74) is -0.271. The Morgan fingerprint density at radius 2 is 2.00 bits per heavy atom. The summed E-state index contributed by atoms with van der Waals surface area (Å²) in [6.45, 7) is 12.2. The Kier molecular flexibility index (Phi) is 7.19. The summed E-state index contributed by atoms with van der Waals surface area (Å²) in [5, 5.41) is 11.6. The minimum absolute atomic E-state index is 0.143. The van der Waals surface area contributed by atoms with E-state index in [1.54, 1.807) is 17.9 Å². The van der Waals surface area contributed by atoms with Gasteiger partial charge in [-0.15, -0.1) is 6.58 Å². The predicted molar refractivity (Wildman–Crippen MR) is 76.1 cm³/mol. The van der Waals surface area contributed by atoms with Crippen LogP contribution in [0.2, 0.25) is 0 Å². The number of carboxylic acid groups (broad SMARTS) is 1. The summed E-state index contributed by atoms with van der Waals surface area (Å²) in [6.07, 6.45) is 2.91. The molecule has 2 amide bonds. The highest BCUT2D eigenvalue weighted by Gasteiger charge is 2.24. The molecule has 110 valence electrons. The molecule has 1 atom stereocenters. The number of carbonyl (C=O) groups excluding carboxylic acids is 1. The van der Waals surface area contributed by atoms with E-state index in [2.05, 4.69) is 11.9 Å². The zero-order valence-electron chi connectivity index (χ0n) is 12.4. The van der Waals surface area contributed by atoms with Crippen LogP contribution < -0.4 is 5.32 Å². The van der Waals surface area contributed by atoms with Gasteiger partial charge in [0.1, 0.15) is 0 Å². The Bertz CT molecular complexity index is 321. The van der Waals surface area contributed by atoms with Gasteiger partial charge in [-0.3, -0.25) is 4.79 Å². The highest BCUT2D eigenvalue weighted by Crippen LogP contribution is 2.13. The minimum atomic E-state index is -0.797. The first kappa shape index (κ1) is 17.5. The van der Waals surface area contributed by atoms with Gasteiger partial charge < -0.3 is 15.3 Å². The van der Waals surface area contributed by atoms with Crippen molar-refractivity contribution in [3.63, 3.8) is 0 Å². The SMILES string of the molecule is C=CCN(C(=O)NCCCC(C)C(=O)O)C(C)(C)C. The molecule has 0 aromatic rings. The van der Waals surface area contributed by atoms with E-state index in [0.717, 1.165) is 0 Å². The number of carboxylic acids is 1. The van der Waals surface area contributed by atoms with Crippen LogP contribution in [0.5, 0.6) is 0 Å². The van der Waals surface area contributed by atoms with E-state index in [4.69, 9.17) is 5.11 Å². The number of amides is 2. The maximum absolute atomic E-state index is 12.0. The predicted octanol–water partition coefficient (Wildman–Crippen LogP) is 2.48. The first-order chi connectivity index (χ1) is 8.70. The van der Waals surface area contributed by atoms with E-state index in [9.17, 15) is 9.59 Å². The summed E-state index contributed by atoms with van der Waals surface area (Å²) in [6, 6.07) is -0.143. The van der Waals surface area contributed by atoms with Crippen LogP contribution in [-0.2, 0) is 4.79 Å². The molecule has 0 spiro atoms. The topological polar surface area (TPSA) is 69.6 Å². The van der Waals surface area contributed by atoms with Crippen molar-refractivity contribution in [3.05, 3.63) is 12.7 Å². The van der Waals surface area contributed by atoms with E-state index in [1.165, 1.54) is 0 Å². The number of nitrogens with one attached hydrogen (secondary N) is 1. The third-order valence-corrected chi connectivity index (χ3v) is 2.88. The van der Waals surface area contributed by atoms with E-state index in [-0.39, 0.29) is 17.5 Å². The molecule has 5 nitrogen and oxygen atoms in total. The van der Waals surface area contributed by atoms with Crippen molar-refractivity contribution < 1.29 is 14.7 Å². The monoisotopic (exact) mass is 270 g/mol. The number of hydrogen-bond acceptors (Lipinski definition) is 2. The van der Waals surface area contributed by atoms with Crippen molar-refractivity contribution in [2.75, 3.05) is 13.1 Å². The Morgan fingerprint density at radius 3 is 2.42 bits per heavy atom. The molecule has 0 rings (SSSR count). The maximum atomic E-state index is 12.0. The second-order valence-electron chi connectivity index (χ2n) is 5.68. The van der Waals surface area contributed by atoms with Crippen molar-refractivity contribution in [1.82, 2.24) is 10.2 Å². The van der Waals surface area contributed by atoms with Gasteiger partial charge in [0, 0.05) is 18.6 Å². The van der Waals surface area contributed by atoms with Gasteiger partial charge in [-0.2, -0.15) is 0 Å². The fourth-order valence-electron chi connectivity index (χ4n) is 1.61. The fraction of sp³-hybridized carbons (Fsp3) is 0.714. The van der Waals surface area contributed by atoms with Crippen LogP contribution in [0.3, 0.4) is 0 Å². The van der Waals surface area contributed by atoms with Crippen LogP contribution in [0.25, 0.3) is 0 Å². The number of aliphatic carboxylic acids is 1. The van der Waals surface area contributed by atoms with Gasteiger partial charge in [0.2, 0.25) is 0 Å². The summed E-state index contributed by atoms with van der Waals surface area (Å²) >= 11 is 0. The lowest BCUT2D eigenvalue weighted by molar-refractivity contribution is -0.141. The molecule has 0 aliphatic rings. The average Bonchev–Trinajstić information content (AvgIpc) is 2.29. The van der Waals surface area contributed by atoms with Crippen LogP contribution in [0, 0.1) is 5.92 Å². The third kappa shape index (κ3) is 6.84. The lowest BCUT2D eigenvalue weighted by Crippen LogP contribution is -2.50. The maximum Gasteiger partial charge on any atom is 0.318 e. The van der Waals surface area contributed by atoms with Crippen LogP contribution in [-0.4, -0.2) is 40.6 Å². The smallest absolute Gasteiger partial charge is 0.318 e. The molecule has 0 aromatic heterocycles. The van der Waals surface area contributed by atoms with Gasteiger partial charge in [-0.25, -0.2) is 4.79 Å². The molecule has 0 aliphatic heterocycles. The third-order valence-electron chi connectivity index (χ3n) is 2.88. The Labute approximate surface area is 115 Å². The van der Waals surface area contributed by atoms with Crippen LogP contribution in [0.15, 0.2) is 12.7 Å². The quantitative estimate of drug-likeness (QED) is 0.551. The van der Waals surface area contributed by atoms with E-state index in [0.29, 0.717) is 25.9 Å². The number of carbonyl (C=O) groups is 2. The Balaban J connectivity index is 4.14. The normalized spacial score (nSPS) is 12.6. The summed E-state index contributed by atoms with van der Waals surface area (Å²) in [5.74, 6) is -1.17. The molecular formula is C14H26N2O3. The van der Waals surface area contributed by atoms with Gasteiger partial charge in [-0.05, 0) is 33.6 Å². The molecular weight excluding hydrogens is 244 g/mol. The molecule has 2 N–H and O–H groups in total. The fourth-order valence-corrected chi connectivity index (χ4v) is 1.61. The average molecular weight is 270 g/mol. The zero-order chi connectivity index (χ0) is 15.1. The molecule has 0 heterocycles. The largest absolute Gasteiger partial charge is 0.481 e. The molecule has 0 aromatic carbocycles. The lowest BCUT2D eigenvalue weighted by Gasteiger charge is -2.34. The molecule has 5 heteroatoms. The van der Waals surface area contributed by atoms with E-state index < -0.39 is 5.97 Å². The molecule has 0 aliphatic carbocycles. The molecule has 19 heavy (non-hydrogen) atoms. The van der Waals surface area contributed by atoms with E-state index >= 15 is 0 Å². The molecule has 0 radical (unpaired) electrons. The first-order valence-corrected chi connectivity index (χ1v) is 6.59. The lowest BCUT2D eigenvalue weighted by atomic mass is 10.1. The Hall–Kier alpha value is -1.52. The van der Waals surface area contributed by atoms with E-state index in [1.807, 2.05) is 20.8 Å². The van der Waals surface area contributed by atoms with Gasteiger partial charge in [0.25, 0.3) is 0 Å². The number of urea groups is 1. The molecule has 0 saturated heterocycles. The van der Waals surface area contributed by atoms with Gasteiger partial charge >= 0.3 is 12.0 Å². The molecule has 1 unspecified atom stereocenters. The van der Waals surface area contributed by atoms with Gasteiger partial charge in [-0.1, -0.05) is 13.0 Å². The summed E-state index contributed by atoms with van der Waals surface area (Å²) in [4.78, 5) is 24.3. The second-order valence-corrected chi connectivity index (χ2v) is 5.68. The Morgan fingerprint density at radius 1 is 1.42 bits per heavy atom. The summed E-state index contributed by atoms with van der Waals surface area (Å²) < 4.78 is 0. The highest BCUT2D eigenvalue weighted by molar-refractivity contribution is 5.75. The first-order valence-electron chi connectivity index (χ1n) is 6.59. The van der Waals surface area contributed by atoms with Gasteiger partial charge in [0.05, 0.1) is 5.92 Å². The standard InChI is InChI=1S/C14H26N2O3/c1-6-10-16(14(3,4)5)13(19)15-9-7-8-11(2)12(17)18/h6,11H,1,7-10H2,2-5H3,(H,15,19)(H,17,18). The van der Waals surface area contributed by atoms with Crippen molar-refractivity contribution >= 4 is 12.0 Å². The van der Waals surface area contributed by atoms with Crippen molar-refractivity contribution in [2.24, 2.45) is 5.92 Å². The van der Waals surface area contributed by atoms with Gasteiger partial charge in [0.15, 0.2) is 0 Å². The second kappa shape index (κ2) is 7.81. The van der Waals surface area contributed by atoms with Crippen molar-refractivity contribution in [3.8, 4) is 0 Å². The minimum Gasteiger partial charge on any atom is -0.481 e. The van der Waals surface area contributed by atoms with Crippen LogP contribution in [0.1, 0.15) is 40.5 Å². The number of nitrogens with zero attached hydrogens (tertiary/aromatic N) is 1. The van der Waals surface area contributed by atoms with Crippen molar-refractivity contribution in [1.29, 1.82) is 0 Å². The number of hydrogen-bond donors (Lipinski definition) is 2. The zero-order valence-corrected chi connectivity index (χ0v) is 12.4. The number of rotatable bonds is 7. The highest BCUT2D eigenvalue weighted by atomic mass is 16.4. The van der Waals surface area contributed by atoms with Crippen molar-refractivity contribution in [2.45, 2.75) is 46.1 Å².